The molecule has 3 rings (SSSR count). The van der Waals surface area contributed by atoms with E-state index in [0.29, 0.717) is 24.3 Å². The van der Waals surface area contributed by atoms with Crippen LogP contribution in [-0.2, 0) is 0 Å². The average molecular weight is 307 g/mol. The van der Waals surface area contributed by atoms with Crippen molar-refractivity contribution in [3.63, 3.8) is 0 Å². The first-order valence-electron chi connectivity index (χ1n) is 6.64. The summed E-state index contributed by atoms with van der Waals surface area (Å²) in [6, 6.07) is 5.31. The van der Waals surface area contributed by atoms with E-state index in [1.54, 1.807) is 17.2 Å². The predicted octanol–water partition coefficient (Wildman–Crippen LogP) is 1.87. The summed E-state index contributed by atoms with van der Waals surface area (Å²) < 4.78 is 4.96. The van der Waals surface area contributed by atoms with Crippen molar-refractivity contribution >= 4 is 29.0 Å². The summed E-state index contributed by atoms with van der Waals surface area (Å²) in [6.45, 7) is 2.68. The van der Waals surface area contributed by atoms with Crippen molar-refractivity contribution in [1.82, 2.24) is 9.88 Å². The van der Waals surface area contributed by atoms with Gasteiger partial charge in [-0.05, 0) is 29.8 Å². The number of hydrogen-bond acceptors (Lipinski definition) is 5. The molecular formula is C14H15ClN4O2. The zero-order valence-corrected chi connectivity index (χ0v) is 12.1. The lowest BCUT2D eigenvalue weighted by atomic mass is 10.2. The number of carbonyl (C=O) groups is 1. The minimum Gasteiger partial charge on any atom is -0.452 e. The van der Waals surface area contributed by atoms with Crippen molar-refractivity contribution in [2.24, 2.45) is 0 Å². The highest BCUT2D eigenvalue weighted by molar-refractivity contribution is 6.32. The molecule has 0 unspecified atom stereocenters. The fourth-order valence-corrected chi connectivity index (χ4v) is 2.53. The van der Waals surface area contributed by atoms with E-state index in [0.717, 1.165) is 18.9 Å². The lowest BCUT2D eigenvalue weighted by molar-refractivity contribution is 0.0746. The summed E-state index contributed by atoms with van der Waals surface area (Å²) in [7, 11) is 0. The molecule has 1 amide bonds. The van der Waals surface area contributed by atoms with E-state index in [-0.39, 0.29) is 11.1 Å². The largest absolute Gasteiger partial charge is 0.452 e. The highest BCUT2D eigenvalue weighted by atomic mass is 35.5. The number of pyridine rings is 1. The van der Waals surface area contributed by atoms with Crippen LogP contribution in [0, 0.1) is 0 Å². The van der Waals surface area contributed by atoms with Gasteiger partial charge < -0.3 is 20.0 Å². The van der Waals surface area contributed by atoms with Gasteiger partial charge in [-0.2, -0.15) is 0 Å². The van der Waals surface area contributed by atoms with Crippen LogP contribution >= 0.6 is 11.6 Å². The fourth-order valence-electron chi connectivity index (χ4n) is 2.34. The molecular weight excluding hydrogens is 292 g/mol. The lowest BCUT2D eigenvalue weighted by Crippen LogP contribution is -2.49. The third kappa shape index (κ3) is 2.80. The number of nitrogens with two attached hydrogens (primary N) is 1. The first-order valence-corrected chi connectivity index (χ1v) is 7.01. The quantitative estimate of drug-likeness (QED) is 0.916. The molecule has 0 saturated carbocycles. The minimum absolute atomic E-state index is 0.0985. The number of piperazine rings is 1. The smallest absolute Gasteiger partial charge is 0.258 e. The molecule has 0 aliphatic carbocycles. The van der Waals surface area contributed by atoms with Gasteiger partial charge in [0.05, 0.1) is 23.7 Å². The summed E-state index contributed by atoms with van der Waals surface area (Å²) in [5, 5.41) is 0.141. The van der Waals surface area contributed by atoms with Gasteiger partial charge >= 0.3 is 0 Å². The average Bonchev–Trinajstić information content (AvgIpc) is 2.94. The van der Waals surface area contributed by atoms with Crippen molar-refractivity contribution in [3.8, 4) is 0 Å². The van der Waals surface area contributed by atoms with Crippen molar-refractivity contribution in [1.29, 1.82) is 0 Å². The molecule has 1 aliphatic rings. The summed E-state index contributed by atoms with van der Waals surface area (Å²) >= 11 is 5.85. The van der Waals surface area contributed by atoms with Gasteiger partial charge in [-0.1, -0.05) is 0 Å². The molecule has 0 spiro atoms. The number of halogens is 1. The van der Waals surface area contributed by atoms with Crippen LogP contribution in [0.1, 0.15) is 10.4 Å². The van der Waals surface area contributed by atoms with Crippen LogP contribution in [0.5, 0.6) is 0 Å². The highest BCUT2D eigenvalue weighted by Gasteiger charge is 2.25. The Hall–Kier alpha value is -2.21. The number of anilines is 2. The van der Waals surface area contributed by atoms with E-state index in [1.165, 1.54) is 6.26 Å². The Balaban J connectivity index is 1.64. The first-order chi connectivity index (χ1) is 10.1. The van der Waals surface area contributed by atoms with Gasteiger partial charge in [0.25, 0.3) is 5.91 Å². The maximum atomic E-state index is 12.3. The zero-order valence-electron chi connectivity index (χ0n) is 11.3. The molecule has 2 aromatic rings. The van der Waals surface area contributed by atoms with Crippen LogP contribution in [0.3, 0.4) is 0 Å². The predicted molar refractivity (Wildman–Crippen MR) is 80.5 cm³/mol. The number of hydrogen-bond donors (Lipinski definition) is 1. The Kier molecular flexibility index (Phi) is 3.70. The molecule has 7 heteroatoms. The van der Waals surface area contributed by atoms with Gasteiger partial charge in [-0.25, -0.2) is 4.98 Å². The number of rotatable bonds is 2. The van der Waals surface area contributed by atoms with Gasteiger partial charge in [-0.15, -0.1) is 0 Å². The Morgan fingerprint density at radius 3 is 2.57 bits per heavy atom. The highest BCUT2D eigenvalue weighted by Crippen LogP contribution is 2.20. The van der Waals surface area contributed by atoms with Crippen LogP contribution in [0.15, 0.2) is 35.1 Å². The molecule has 2 N–H and O–H groups in total. The normalized spacial score (nSPS) is 15.3. The number of carbonyl (C=O) groups excluding carboxylic acids is 1. The Morgan fingerprint density at radius 1 is 1.24 bits per heavy atom. The zero-order chi connectivity index (χ0) is 14.8. The van der Waals surface area contributed by atoms with Crippen LogP contribution in [0.4, 0.5) is 11.5 Å². The maximum Gasteiger partial charge on any atom is 0.258 e. The molecule has 110 valence electrons. The summed E-state index contributed by atoms with van der Waals surface area (Å²) in [6.07, 6.45) is 3.06. The Morgan fingerprint density at radius 2 is 2.00 bits per heavy atom. The van der Waals surface area contributed by atoms with Crippen molar-refractivity contribution in [2.75, 3.05) is 36.8 Å². The van der Waals surface area contributed by atoms with Crippen molar-refractivity contribution < 1.29 is 9.21 Å². The van der Waals surface area contributed by atoms with E-state index in [1.807, 2.05) is 12.1 Å². The van der Waals surface area contributed by atoms with Crippen LogP contribution in [-0.4, -0.2) is 42.0 Å². The Bertz CT molecular complexity index is 633. The second-order valence-electron chi connectivity index (χ2n) is 4.84. The molecule has 1 saturated heterocycles. The number of nitrogens with zero attached hydrogens (tertiary/aromatic N) is 3. The van der Waals surface area contributed by atoms with Crippen molar-refractivity contribution in [3.05, 3.63) is 41.4 Å². The van der Waals surface area contributed by atoms with Gasteiger partial charge in [0.1, 0.15) is 5.82 Å². The molecule has 2 aromatic heterocycles. The molecule has 1 aliphatic heterocycles. The lowest BCUT2D eigenvalue weighted by Gasteiger charge is -2.35. The molecule has 0 atom stereocenters. The first kappa shape index (κ1) is 13.8. The minimum atomic E-state index is -0.0985. The van der Waals surface area contributed by atoms with Crippen LogP contribution in [0.2, 0.25) is 5.22 Å². The summed E-state index contributed by atoms with van der Waals surface area (Å²) in [4.78, 5) is 20.5. The van der Waals surface area contributed by atoms with Crippen LogP contribution < -0.4 is 10.6 Å². The summed E-state index contributed by atoms with van der Waals surface area (Å²) in [5.74, 6) is 0.774. The standard InChI is InChI=1S/C14H15ClN4O2/c15-13-11(3-8-21-13)14(20)19-6-4-18(5-7-19)12-2-1-10(16)9-17-12/h1-3,8-9H,4-7,16H2. The van der Waals surface area contributed by atoms with Crippen molar-refractivity contribution in [2.45, 2.75) is 0 Å². The third-order valence-corrected chi connectivity index (χ3v) is 3.80. The molecule has 1 fully saturated rings. The number of furan rings is 1. The molecule has 21 heavy (non-hydrogen) atoms. The number of aromatic nitrogens is 1. The number of amides is 1. The van der Waals surface area contributed by atoms with Gasteiger partial charge in [0.2, 0.25) is 5.22 Å². The van der Waals surface area contributed by atoms with E-state index >= 15 is 0 Å². The SMILES string of the molecule is Nc1ccc(N2CCN(C(=O)c3ccoc3Cl)CC2)nc1. The van der Waals surface area contributed by atoms with Gasteiger partial charge in [-0.3, -0.25) is 4.79 Å². The summed E-state index contributed by atoms with van der Waals surface area (Å²) in [5.41, 5.74) is 6.68. The van der Waals surface area contributed by atoms with Gasteiger partial charge in [0, 0.05) is 26.2 Å². The maximum absolute atomic E-state index is 12.3. The van der Waals surface area contributed by atoms with Gasteiger partial charge in [0.15, 0.2) is 0 Å². The number of nitrogen functional groups attached to an aromatic ring is 1. The van der Waals surface area contributed by atoms with Crippen LogP contribution in [0.25, 0.3) is 0 Å². The molecule has 3 heterocycles. The van der Waals surface area contributed by atoms with E-state index < -0.39 is 0 Å². The fraction of sp³-hybridized carbons (Fsp3) is 0.286. The molecule has 6 nitrogen and oxygen atoms in total. The topological polar surface area (TPSA) is 75.6 Å². The van der Waals surface area contributed by atoms with E-state index in [4.69, 9.17) is 21.8 Å². The second-order valence-corrected chi connectivity index (χ2v) is 5.18. The van der Waals surface area contributed by atoms with E-state index in [2.05, 4.69) is 9.88 Å². The molecule has 0 bridgehead atoms. The third-order valence-electron chi connectivity index (χ3n) is 3.51. The molecule has 0 aromatic carbocycles. The second kappa shape index (κ2) is 5.65. The Labute approximate surface area is 127 Å². The molecule has 0 radical (unpaired) electrons. The monoisotopic (exact) mass is 306 g/mol. The van der Waals surface area contributed by atoms with E-state index in [9.17, 15) is 4.79 Å².